The molecular weight excluding hydrogens is 326 g/mol. The molecule has 0 atom stereocenters. The van der Waals surface area contributed by atoms with Gasteiger partial charge in [-0.05, 0) is 11.5 Å². The minimum atomic E-state index is -0.426. The van der Waals surface area contributed by atoms with E-state index < -0.39 is 5.56 Å². The van der Waals surface area contributed by atoms with Gasteiger partial charge in [0.25, 0.3) is 5.56 Å². The van der Waals surface area contributed by atoms with Gasteiger partial charge in [0.15, 0.2) is 5.16 Å². The first-order valence-electron chi connectivity index (χ1n) is 7.32. The Balaban J connectivity index is 1.60. The molecule has 0 radical (unpaired) electrons. The van der Waals surface area contributed by atoms with Crippen LogP contribution < -0.4 is 10.9 Å². The Morgan fingerprint density at radius 1 is 1.21 bits per heavy atom. The van der Waals surface area contributed by atoms with E-state index in [4.69, 9.17) is 0 Å². The lowest BCUT2D eigenvalue weighted by Gasteiger charge is -2.08. The summed E-state index contributed by atoms with van der Waals surface area (Å²) < 4.78 is 0. The molecule has 0 saturated heterocycles. The van der Waals surface area contributed by atoms with E-state index in [0.717, 1.165) is 22.5 Å². The largest absolute Gasteiger partial charge is 0.493 e. The first kappa shape index (κ1) is 16.1. The van der Waals surface area contributed by atoms with Gasteiger partial charge in [-0.2, -0.15) is 4.98 Å². The number of hydrogen-bond acceptors (Lipinski definition) is 5. The van der Waals surface area contributed by atoms with Crippen LogP contribution in [0.5, 0.6) is 5.88 Å². The number of benzene rings is 2. The Bertz CT molecular complexity index is 934. The van der Waals surface area contributed by atoms with Crippen molar-refractivity contribution in [3.8, 4) is 5.88 Å². The quantitative estimate of drug-likeness (QED) is 0.490. The van der Waals surface area contributed by atoms with Gasteiger partial charge in [0, 0.05) is 23.2 Å². The minimum Gasteiger partial charge on any atom is -0.493 e. The molecule has 7 heteroatoms. The van der Waals surface area contributed by atoms with Crippen molar-refractivity contribution < 1.29 is 9.90 Å². The molecular formula is C17H15N3O3S. The molecule has 0 aliphatic heterocycles. The number of hydrogen-bond donors (Lipinski definition) is 3. The summed E-state index contributed by atoms with van der Waals surface area (Å²) in [7, 11) is 0. The normalized spacial score (nSPS) is 10.7. The highest BCUT2D eigenvalue weighted by atomic mass is 32.2. The van der Waals surface area contributed by atoms with Crippen molar-refractivity contribution in [2.45, 2.75) is 11.6 Å². The smallest absolute Gasteiger partial charge is 0.255 e. The number of rotatable bonds is 5. The predicted molar refractivity (Wildman–Crippen MR) is 94.4 cm³/mol. The van der Waals surface area contributed by atoms with Crippen LogP contribution in [-0.2, 0) is 4.79 Å². The molecule has 3 N–H and O–H groups in total. The monoisotopic (exact) mass is 341 g/mol. The second-order valence-electron chi connectivity index (χ2n) is 5.08. The maximum atomic E-state index is 12.1. The fourth-order valence-corrected chi connectivity index (χ4v) is 3.09. The van der Waals surface area contributed by atoms with Gasteiger partial charge in [0.05, 0.1) is 6.07 Å². The number of nitrogens with zero attached hydrogens (tertiary/aromatic N) is 1. The van der Waals surface area contributed by atoms with Gasteiger partial charge in [0.1, 0.15) is 0 Å². The van der Waals surface area contributed by atoms with Crippen LogP contribution in [0.3, 0.4) is 0 Å². The van der Waals surface area contributed by atoms with Crippen LogP contribution in [0.4, 0.5) is 5.69 Å². The Labute approximate surface area is 141 Å². The molecule has 3 aromatic rings. The molecule has 2 aromatic carbocycles. The SMILES string of the molecule is O=C(CCSc1nc(O)cc(=O)[nH]1)Nc1cccc2ccccc12. The average molecular weight is 341 g/mol. The molecule has 1 heterocycles. The average Bonchev–Trinajstić information content (AvgIpc) is 2.54. The van der Waals surface area contributed by atoms with Crippen molar-refractivity contribution in [3.63, 3.8) is 0 Å². The van der Waals surface area contributed by atoms with E-state index in [2.05, 4.69) is 15.3 Å². The Morgan fingerprint density at radius 2 is 2.00 bits per heavy atom. The molecule has 0 unspecified atom stereocenters. The van der Waals surface area contributed by atoms with Gasteiger partial charge in [-0.15, -0.1) is 0 Å². The highest BCUT2D eigenvalue weighted by molar-refractivity contribution is 7.99. The van der Waals surface area contributed by atoms with E-state index >= 15 is 0 Å². The molecule has 6 nitrogen and oxygen atoms in total. The zero-order valence-electron chi connectivity index (χ0n) is 12.7. The molecule has 122 valence electrons. The van der Waals surface area contributed by atoms with Gasteiger partial charge < -0.3 is 15.4 Å². The molecule has 1 amide bonds. The summed E-state index contributed by atoms with van der Waals surface area (Å²) in [4.78, 5) is 29.6. The zero-order chi connectivity index (χ0) is 16.9. The number of nitrogens with one attached hydrogen (secondary N) is 2. The van der Waals surface area contributed by atoms with Gasteiger partial charge in [-0.3, -0.25) is 9.59 Å². The van der Waals surface area contributed by atoms with E-state index in [9.17, 15) is 14.7 Å². The number of carbonyl (C=O) groups excluding carboxylic acids is 1. The van der Waals surface area contributed by atoms with E-state index in [1.807, 2.05) is 42.5 Å². The number of aromatic nitrogens is 2. The number of fused-ring (bicyclic) bond motifs is 1. The van der Waals surface area contributed by atoms with Crippen molar-refractivity contribution in [2.75, 3.05) is 11.1 Å². The number of thioether (sulfide) groups is 1. The van der Waals surface area contributed by atoms with Crippen molar-refractivity contribution in [1.29, 1.82) is 0 Å². The minimum absolute atomic E-state index is 0.124. The summed E-state index contributed by atoms with van der Waals surface area (Å²) in [6, 6.07) is 14.6. The van der Waals surface area contributed by atoms with Gasteiger partial charge in [0.2, 0.25) is 11.8 Å². The van der Waals surface area contributed by atoms with Gasteiger partial charge in [-0.25, -0.2) is 0 Å². The van der Waals surface area contributed by atoms with Crippen molar-refractivity contribution in [1.82, 2.24) is 9.97 Å². The van der Waals surface area contributed by atoms with E-state index in [1.165, 1.54) is 11.8 Å². The summed E-state index contributed by atoms with van der Waals surface area (Å²) in [5.41, 5.74) is 0.345. The van der Waals surface area contributed by atoms with E-state index in [1.54, 1.807) is 0 Å². The third-order valence-electron chi connectivity index (χ3n) is 3.34. The zero-order valence-corrected chi connectivity index (χ0v) is 13.5. The Kier molecular flexibility index (Phi) is 4.81. The second-order valence-corrected chi connectivity index (χ2v) is 6.17. The molecule has 0 aliphatic carbocycles. The maximum Gasteiger partial charge on any atom is 0.255 e. The lowest BCUT2D eigenvalue weighted by atomic mass is 10.1. The number of aromatic amines is 1. The lowest BCUT2D eigenvalue weighted by molar-refractivity contribution is -0.115. The summed E-state index contributed by atoms with van der Waals surface area (Å²) >= 11 is 1.20. The molecule has 0 bridgehead atoms. The first-order chi connectivity index (χ1) is 11.6. The van der Waals surface area contributed by atoms with E-state index in [0.29, 0.717) is 5.75 Å². The lowest BCUT2D eigenvalue weighted by Crippen LogP contribution is -2.13. The van der Waals surface area contributed by atoms with Crippen molar-refractivity contribution in [3.05, 3.63) is 58.9 Å². The van der Waals surface area contributed by atoms with Crippen LogP contribution in [-0.4, -0.2) is 26.7 Å². The standard InChI is InChI=1S/C17H15N3O3S/c21-14(8-9-24-17-19-15(22)10-16(23)20-17)18-13-7-3-5-11-4-1-2-6-12(11)13/h1-7,10H,8-9H2,(H,18,21)(H2,19,20,22,23). The van der Waals surface area contributed by atoms with Crippen molar-refractivity contribution in [2.24, 2.45) is 0 Å². The van der Waals surface area contributed by atoms with Gasteiger partial charge in [-0.1, -0.05) is 48.2 Å². The molecule has 0 saturated carbocycles. The van der Waals surface area contributed by atoms with Crippen molar-refractivity contribution >= 4 is 34.1 Å². The van der Waals surface area contributed by atoms with Crippen LogP contribution in [0, 0.1) is 0 Å². The number of anilines is 1. The van der Waals surface area contributed by atoms with Crippen LogP contribution >= 0.6 is 11.8 Å². The summed E-state index contributed by atoms with van der Waals surface area (Å²) in [5, 5.41) is 14.5. The molecule has 1 aromatic heterocycles. The number of amides is 1. The summed E-state index contributed by atoms with van der Waals surface area (Å²) in [5.74, 6) is -0.0222. The summed E-state index contributed by atoms with van der Waals surface area (Å²) in [6.07, 6.45) is 0.257. The first-order valence-corrected chi connectivity index (χ1v) is 8.31. The second kappa shape index (κ2) is 7.18. The molecule has 24 heavy (non-hydrogen) atoms. The predicted octanol–water partition coefficient (Wildman–Crippen LogP) is 2.75. The van der Waals surface area contributed by atoms with Crippen LogP contribution in [0.2, 0.25) is 0 Å². The third kappa shape index (κ3) is 3.94. The number of H-pyrrole nitrogens is 1. The molecule has 0 fully saturated rings. The summed E-state index contributed by atoms with van der Waals surface area (Å²) in [6.45, 7) is 0. The molecule has 0 aliphatic rings. The van der Waals surface area contributed by atoms with Crippen LogP contribution in [0.1, 0.15) is 6.42 Å². The van der Waals surface area contributed by atoms with Crippen LogP contribution in [0.25, 0.3) is 10.8 Å². The third-order valence-corrected chi connectivity index (χ3v) is 4.21. The highest BCUT2D eigenvalue weighted by Crippen LogP contribution is 2.23. The van der Waals surface area contributed by atoms with Crippen LogP contribution in [0.15, 0.2) is 58.5 Å². The fraction of sp³-hybridized carbons (Fsp3) is 0.118. The Morgan fingerprint density at radius 3 is 2.83 bits per heavy atom. The van der Waals surface area contributed by atoms with Gasteiger partial charge >= 0.3 is 0 Å². The fourth-order valence-electron chi connectivity index (χ4n) is 2.28. The maximum absolute atomic E-state index is 12.1. The molecule has 0 spiro atoms. The topological polar surface area (TPSA) is 95.1 Å². The Hall–Kier alpha value is -2.80. The number of aromatic hydroxyl groups is 1. The molecule has 3 rings (SSSR count). The van der Waals surface area contributed by atoms with E-state index in [-0.39, 0.29) is 23.4 Å². The highest BCUT2D eigenvalue weighted by Gasteiger charge is 2.07. The number of carbonyl (C=O) groups is 1.